The van der Waals surface area contributed by atoms with Crippen LogP contribution in [0.5, 0.6) is 0 Å². The molecule has 2 amide bonds. The molecule has 29 heavy (non-hydrogen) atoms. The van der Waals surface area contributed by atoms with Gasteiger partial charge in [-0.1, -0.05) is 12.2 Å². The van der Waals surface area contributed by atoms with Gasteiger partial charge in [0.05, 0.1) is 7.11 Å². The first-order valence-electron chi connectivity index (χ1n) is 10.3. The third kappa shape index (κ3) is 5.39. The quantitative estimate of drug-likeness (QED) is 0.531. The van der Waals surface area contributed by atoms with Crippen molar-refractivity contribution in [2.24, 2.45) is 5.92 Å². The van der Waals surface area contributed by atoms with Crippen LogP contribution in [0, 0.1) is 5.92 Å². The lowest BCUT2D eigenvalue weighted by Crippen LogP contribution is -2.53. The second-order valence-electron chi connectivity index (χ2n) is 7.80. The van der Waals surface area contributed by atoms with Gasteiger partial charge in [-0.05, 0) is 50.0 Å². The Morgan fingerprint density at radius 3 is 2.79 bits per heavy atom. The van der Waals surface area contributed by atoms with Crippen molar-refractivity contribution in [2.75, 3.05) is 33.3 Å². The molecule has 8 nitrogen and oxygen atoms in total. The molecule has 3 N–H and O–H groups in total. The van der Waals surface area contributed by atoms with Crippen molar-refractivity contribution < 1.29 is 24.5 Å². The molecule has 1 aliphatic carbocycles. The van der Waals surface area contributed by atoms with Crippen LogP contribution in [0.3, 0.4) is 0 Å². The summed E-state index contributed by atoms with van der Waals surface area (Å²) in [6.45, 7) is 2.49. The first-order valence-corrected chi connectivity index (χ1v) is 10.3. The van der Waals surface area contributed by atoms with E-state index in [4.69, 9.17) is 4.74 Å². The molecule has 3 aliphatic rings. The molecule has 1 unspecified atom stereocenters. The summed E-state index contributed by atoms with van der Waals surface area (Å²) in [4.78, 5) is 28.7. The lowest BCUT2D eigenvalue weighted by atomic mass is 10.00. The molecule has 1 saturated heterocycles. The Kier molecular flexibility index (Phi) is 7.33. The van der Waals surface area contributed by atoms with Crippen molar-refractivity contribution in [3.63, 3.8) is 0 Å². The number of hydrogen-bond acceptors (Lipinski definition) is 6. The second kappa shape index (κ2) is 9.93. The van der Waals surface area contributed by atoms with Gasteiger partial charge in [0.2, 0.25) is 0 Å². The van der Waals surface area contributed by atoms with E-state index in [-0.39, 0.29) is 12.0 Å². The molecule has 0 spiro atoms. The molecule has 3 rings (SSSR count). The Bertz CT molecular complexity index is 690. The van der Waals surface area contributed by atoms with E-state index < -0.39 is 24.0 Å². The van der Waals surface area contributed by atoms with Crippen LogP contribution in [0.1, 0.15) is 25.7 Å². The fraction of sp³-hybridized carbons (Fsp3) is 0.619. The van der Waals surface area contributed by atoms with Gasteiger partial charge in [-0.2, -0.15) is 0 Å². The van der Waals surface area contributed by atoms with Gasteiger partial charge in [0.15, 0.2) is 12.2 Å². The van der Waals surface area contributed by atoms with Crippen molar-refractivity contribution in [3.8, 4) is 0 Å². The van der Waals surface area contributed by atoms with Crippen LogP contribution in [0.2, 0.25) is 0 Å². The number of amides is 2. The lowest BCUT2D eigenvalue weighted by molar-refractivity contribution is -0.153. The topological polar surface area (TPSA) is 102 Å². The summed E-state index contributed by atoms with van der Waals surface area (Å²) in [5, 5.41) is 23.2. The maximum Gasteiger partial charge on any atom is 0.255 e. The first kappa shape index (κ1) is 21.4. The van der Waals surface area contributed by atoms with E-state index in [0.29, 0.717) is 26.1 Å². The zero-order chi connectivity index (χ0) is 20.8. The molecule has 0 aromatic carbocycles. The molecule has 1 fully saturated rings. The summed E-state index contributed by atoms with van der Waals surface area (Å²) in [5.74, 6) is -0.463. The minimum absolute atomic E-state index is 0.00990. The summed E-state index contributed by atoms with van der Waals surface area (Å²) >= 11 is 0. The summed E-state index contributed by atoms with van der Waals surface area (Å²) in [6, 6.07) is -0.00990. The fourth-order valence-corrected chi connectivity index (χ4v) is 4.01. The Labute approximate surface area is 171 Å². The smallest absolute Gasteiger partial charge is 0.255 e. The van der Waals surface area contributed by atoms with E-state index in [0.717, 1.165) is 31.6 Å². The highest BCUT2D eigenvalue weighted by atomic mass is 16.5. The predicted molar refractivity (Wildman–Crippen MR) is 107 cm³/mol. The number of carbonyl (C=O) groups is 2. The van der Waals surface area contributed by atoms with Crippen molar-refractivity contribution in [3.05, 3.63) is 36.3 Å². The first-order chi connectivity index (χ1) is 14.0. The van der Waals surface area contributed by atoms with Crippen LogP contribution in [-0.2, 0) is 14.3 Å². The van der Waals surface area contributed by atoms with Gasteiger partial charge < -0.3 is 30.1 Å². The maximum atomic E-state index is 12.7. The standard InChI is InChI=1S/C21H31N3O5/c1-29-17-8-6-15(7-9-17)13-22-20(27)18(25)19(26)21(28)24-12-4-5-16(24)14-23-10-2-3-11-23/h2,6,8-10,15-16,18-19,25-26H,3-5,7,11-14H2,1H3,(H,22,27)/t15?,16-,18+,19+/m0/s1. The summed E-state index contributed by atoms with van der Waals surface area (Å²) in [6.07, 6.45) is 9.69. The van der Waals surface area contributed by atoms with E-state index in [1.54, 1.807) is 12.0 Å². The monoisotopic (exact) mass is 405 g/mol. The molecule has 8 heteroatoms. The molecule has 2 aliphatic heterocycles. The Morgan fingerprint density at radius 1 is 1.31 bits per heavy atom. The highest BCUT2D eigenvalue weighted by molar-refractivity contribution is 5.91. The second-order valence-corrected chi connectivity index (χ2v) is 7.80. The van der Waals surface area contributed by atoms with Gasteiger partial charge in [0.25, 0.3) is 11.8 Å². The van der Waals surface area contributed by atoms with Gasteiger partial charge in [-0.15, -0.1) is 0 Å². The average Bonchev–Trinajstić information content (AvgIpc) is 3.43. The fourth-order valence-electron chi connectivity index (χ4n) is 4.01. The minimum Gasteiger partial charge on any atom is -0.497 e. The largest absolute Gasteiger partial charge is 0.497 e. The predicted octanol–water partition coefficient (Wildman–Crippen LogP) is 0.141. The molecule has 4 atom stereocenters. The van der Waals surface area contributed by atoms with E-state index >= 15 is 0 Å². The van der Waals surface area contributed by atoms with Crippen LogP contribution in [0.15, 0.2) is 36.3 Å². The summed E-state index contributed by atoms with van der Waals surface area (Å²) in [5.41, 5.74) is 0. The third-order valence-corrected chi connectivity index (χ3v) is 5.75. The van der Waals surface area contributed by atoms with Crippen LogP contribution >= 0.6 is 0 Å². The van der Waals surface area contributed by atoms with Crippen LogP contribution in [0.25, 0.3) is 0 Å². The SMILES string of the molecule is COC1=CCC(CNC(=O)[C@H](O)[C@@H](O)C(=O)N2CCC[C@H]2CN2C=CCC2)C=C1. The van der Waals surface area contributed by atoms with E-state index in [9.17, 15) is 19.8 Å². The normalized spacial score (nSPS) is 25.7. The molecular weight excluding hydrogens is 374 g/mol. The Hall–Kier alpha value is -2.32. The molecule has 0 radical (unpaired) electrons. The number of aliphatic hydroxyl groups is 2. The Balaban J connectivity index is 1.47. The van der Waals surface area contributed by atoms with Crippen LogP contribution in [0.4, 0.5) is 0 Å². The van der Waals surface area contributed by atoms with Crippen molar-refractivity contribution in [1.82, 2.24) is 15.1 Å². The summed E-state index contributed by atoms with van der Waals surface area (Å²) < 4.78 is 5.13. The Morgan fingerprint density at radius 2 is 2.14 bits per heavy atom. The third-order valence-electron chi connectivity index (χ3n) is 5.75. The van der Waals surface area contributed by atoms with Gasteiger partial charge in [-0.3, -0.25) is 9.59 Å². The molecule has 0 saturated carbocycles. The molecule has 0 bridgehead atoms. The highest BCUT2D eigenvalue weighted by Gasteiger charge is 2.38. The number of allylic oxidation sites excluding steroid dienone is 2. The average molecular weight is 405 g/mol. The number of nitrogens with zero attached hydrogens (tertiary/aromatic N) is 2. The van der Waals surface area contributed by atoms with Crippen LogP contribution in [-0.4, -0.2) is 83.4 Å². The summed E-state index contributed by atoms with van der Waals surface area (Å²) in [7, 11) is 1.60. The van der Waals surface area contributed by atoms with E-state index in [2.05, 4.69) is 16.3 Å². The number of nitrogens with one attached hydrogen (secondary N) is 1. The molecule has 0 aromatic rings. The highest BCUT2D eigenvalue weighted by Crippen LogP contribution is 2.21. The molecule has 2 heterocycles. The zero-order valence-corrected chi connectivity index (χ0v) is 16.9. The minimum atomic E-state index is -1.78. The number of rotatable bonds is 8. The molecule has 0 aromatic heterocycles. The van der Waals surface area contributed by atoms with Gasteiger partial charge in [0, 0.05) is 32.2 Å². The lowest BCUT2D eigenvalue weighted by Gasteiger charge is -2.31. The zero-order valence-electron chi connectivity index (χ0n) is 16.9. The maximum absolute atomic E-state index is 12.7. The number of aliphatic hydroxyl groups excluding tert-OH is 2. The van der Waals surface area contributed by atoms with E-state index in [1.807, 2.05) is 24.4 Å². The van der Waals surface area contributed by atoms with Gasteiger partial charge in [0.1, 0.15) is 5.76 Å². The van der Waals surface area contributed by atoms with E-state index in [1.165, 1.54) is 0 Å². The molecular formula is C21H31N3O5. The van der Waals surface area contributed by atoms with Gasteiger partial charge in [-0.25, -0.2) is 0 Å². The number of ether oxygens (including phenoxy) is 1. The van der Waals surface area contributed by atoms with Crippen molar-refractivity contribution >= 4 is 11.8 Å². The van der Waals surface area contributed by atoms with Crippen molar-refractivity contribution in [1.29, 1.82) is 0 Å². The van der Waals surface area contributed by atoms with Gasteiger partial charge >= 0.3 is 0 Å². The number of hydrogen-bond donors (Lipinski definition) is 3. The number of methoxy groups -OCH3 is 1. The van der Waals surface area contributed by atoms with Crippen molar-refractivity contribution in [2.45, 2.75) is 43.9 Å². The number of carbonyl (C=O) groups excluding carboxylic acids is 2. The number of likely N-dealkylation sites (tertiary alicyclic amines) is 1. The van der Waals surface area contributed by atoms with Crippen LogP contribution < -0.4 is 5.32 Å². The molecule has 160 valence electrons.